The summed E-state index contributed by atoms with van der Waals surface area (Å²) >= 11 is 0. The molecule has 6 heteroatoms. The van der Waals surface area contributed by atoms with Gasteiger partial charge < -0.3 is 14.8 Å². The molecule has 2 amide bonds. The lowest BCUT2D eigenvalue weighted by Gasteiger charge is -2.27. The molecule has 0 aliphatic rings. The Labute approximate surface area is 200 Å². The second-order valence-corrected chi connectivity index (χ2v) is 8.76. The third-order valence-electron chi connectivity index (χ3n) is 5.85. The van der Waals surface area contributed by atoms with Gasteiger partial charge in [0.2, 0.25) is 5.91 Å². The number of nitrogens with zero attached hydrogens (tertiary/aromatic N) is 3. The van der Waals surface area contributed by atoms with Crippen LogP contribution in [0.1, 0.15) is 41.2 Å². The van der Waals surface area contributed by atoms with Crippen molar-refractivity contribution in [1.29, 1.82) is 0 Å². The van der Waals surface area contributed by atoms with Crippen molar-refractivity contribution in [2.45, 2.75) is 46.4 Å². The molecule has 0 bridgehead atoms. The monoisotopic (exact) mass is 454 g/mol. The van der Waals surface area contributed by atoms with Crippen LogP contribution >= 0.6 is 0 Å². The minimum atomic E-state index is -0.165. The van der Waals surface area contributed by atoms with E-state index in [-0.39, 0.29) is 30.9 Å². The summed E-state index contributed by atoms with van der Waals surface area (Å²) in [5.41, 5.74) is 4.39. The van der Waals surface area contributed by atoms with Crippen LogP contribution in [0.2, 0.25) is 0 Å². The van der Waals surface area contributed by atoms with Crippen LogP contribution in [0, 0.1) is 6.92 Å². The summed E-state index contributed by atoms with van der Waals surface area (Å²) in [7, 11) is 0. The van der Waals surface area contributed by atoms with Gasteiger partial charge >= 0.3 is 0 Å². The first kappa shape index (κ1) is 23.2. The van der Waals surface area contributed by atoms with Crippen LogP contribution in [0.25, 0.3) is 11.0 Å². The van der Waals surface area contributed by atoms with Crippen molar-refractivity contribution in [3.05, 3.63) is 101 Å². The first-order valence-corrected chi connectivity index (χ1v) is 11.5. The van der Waals surface area contributed by atoms with Crippen molar-refractivity contribution >= 4 is 22.8 Å². The SMILES string of the molecule is Cc1cccc(C(=O)NCc2nc3ccccc3n2CC(=O)N(Cc2ccccc2)C(C)C)c1. The van der Waals surface area contributed by atoms with Crippen LogP contribution in [0.5, 0.6) is 0 Å². The zero-order chi connectivity index (χ0) is 24.1. The normalized spacial score (nSPS) is 11.1. The van der Waals surface area contributed by atoms with Gasteiger partial charge in [-0.3, -0.25) is 9.59 Å². The van der Waals surface area contributed by atoms with Crippen molar-refractivity contribution in [3.8, 4) is 0 Å². The van der Waals surface area contributed by atoms with Crippen LogP contribution in [-0.2, 0) is 24.4 Å². The molecule has 6 nitrogen and oxygen atoms in total. The van der Waals surface area contributed by atoms with Gasteiger partial charge in [0.25, 0.3) is 5.91 Å². The fourth-order valence-corrected chi connectivity index (χ4v) is 4.05. The van der Waals surface area contributed by atoms with E-state index in [1.807, 2.05) is 103 Å². The summed E-state index contributed by atoms with van der Waals surface area (Å²) in [6, 6.07) is 25.2. The minimum Gasteiger partial charge on any atom is -0.345 e. The highest BCUT2D eigenvalue weighted by atomic mass is 16.2. The molecule has 0 saturated carbocycles. The highest BCUT2D eigenvalue weighted by molar-refractivity contribution is 5.94. The van der Waals surface area contributed by atoms with E-state index in [0.29, 0.717) is 17.9 Å². The molecule has 0 aliphatic heterocycles. The standard InChI is InChI=1S/C28H30N4O2/c1-20(2)31(18-22-11-5-4-6-12-22)27(33)19-32-25-15-8-7-14-24(25)30-26(32)17-29-28(34)23-13-9-10-21(3)16-23/h4-16,20H,17-19H2,1-3H3,(H,29,34). The van der Waals surface area contributed by atoms with Crippen LogP contribution in [0.3, 0.4) is 0 Å². The van der Waals surface area contributed by atoms with Gasteiger partial charge in [-0.25, -0.2) is 4.98 Å². The molecule has 4 rings (SSSR count). The zero-order valence-electron chi connectivity index (χ0n) is 19.9. The molecule has 1 heterocycles. The number of carbonyl (C=O) groups excluding carboxylic acids is 2. The maximum Gasteiger partial charge on any atom is 0.251 e. The fourth-order valence-electron chi connectivity index (χ4n) is 4.05. The predicted octanol–water partition coefficient (Wildman–Crippen LogP) is 4.71. The molecule has 4 aromatic rings. The molecule has 34 heavy (non-hydrogen) atoms. The average molecular weight is 455 g/mol. The molecule has 3 aromatic carbocycles. The van der Waals surface area contributed by atoms with E-state index in [9.17, 15) is 9.59 Å². The lowest BCUT2D eigenvalue weighted by molar-refractivity contribution is -0.134. The van der Waals surface area contributed by atoms with Crippen molar-refractivity contribution in [2.24, 2.45) is 0 Å². The highest BCUT2D eigenvalue weighted by Gasteiger charge is 2.21. The minimum absolute atomic E-state index is 0.00765. The van der Waals surface area contributed by atoms with Gasteiger partial charge in [0.15, 0.2) is 0 Å². The number of aromatic nitrogens is 2. The van der Waals surface area contributed by atoms with Gasteiger partial charge in [-0.05, 0) is 50.6 Å². The Kier molecular flexibility index (Phi) is 7.07. The fraction of sp³-hybridized carbons (Fsp3) is 0.250. The molecule has 0 spiro atoms. The Hall–Kier alpha value is -3.93. The largest absolute Gasteiger partial charge is 0.345 e. The summed E-state index contributed by atoms with van der Waals surface area (Å²) in [4.78, 5) is 32.7. The number of para-hydroxylation sites is 2. The molecule has 0 radical (unpaired) electrons. The first-order chi connectivity index (χ1) is 16.4. The van der Waals surface area contributed by atoms with Gasteiger partial charge in [-0.2, -0.15) is 0 Å². The molecule has 0 atom stereocenters. The predicted molar refractivity (Wildman–Crippen MR) is 134 cm³/mol. The van der Waals surface area contributed by atoms with E-state index in [1.165, 1.54) is 0 Å². The van der Waals surface area contributed by atoms with E-state index < -0.39 is 0 Å². The lowest BCUT2D eigenvalue weighted by atomic mass is 10.1. The number of nitrogens with one attached hydrogen (secondary N) is 1. The van der Waals surface area contributed by atoms with E-state index in [0.717, 1.165) is 22.2 Å². The highest BCUT2D eigenvalue weighted by Crippen LogP contribution is 2.18. The number of hydrogen-bond acceptors (Lipinski definition) is 3. The number of carbonyl (C=O) groups is 2. The molecule has 0 aliphatic carbocycles. The van der Waals surface area contributed by atoms with Gasteiger partial charge in [-0.1, -0.05) is 60.2 Å². The number of aryl methyl sites for hydroxylation is 1. The van der Waals surface area contributed by atoms with E-state index in [2.05, 4.69) is 5.32 Å². The second-order valence-electron chi connectivity index (χ2n) is 8.76. The van der Waals surface area contributed by atoms with Gasteiger partial charge in [0.05, 0.1) is 17.6 Å². The number of fused-ring (bicyclic) bond motifs is 1. The van der Waals surface area contributed by atoms with Crippen LogP contribution in [-0.4, -0.2) is 32.3 Å². The molecular weight excluding hydrogens is 424 g/mol. The van der Waals surface area contributed by atoms with E-state index >= 15 is 0 Å². The lowest BCUT2D eigenvalue weighted by Crippen LogP contribution is -2.39. The second kappa shape index (κ2) is 10.3. The molecular formula is C28H30N4O2. The van der Waals surface area contributed by atoms with Gasteiger partial charge in [0.1, 0.15) is 12.4 Å². The molecule has 174 valence electrons. The number of benzene rings is 3. The van der Waals surface area contributed by atoms with Crippen molar-refractivity contribution in [1.82, 2.24) is 19.8 Å². The van der Waals surface area contributed by atoms with Gasteiger partial charge in [0, 0.05) is 18.2 Å². The Morgan fingerprint density at radius 3 is 2.44 bits per heavy atom. The maximum atomic E-state index is 13.4. The third kappa shape index (κ3) is 5.34. The summed E-state index contributed by atoms with van der Waals surface area (Å²) < 4.78 is 1.91. The van der Waals surface area contributed by atoms with Crippen molar-refractivity contribution in [2.75, 3.05) is 0 Å². The van der Waals surface area contributed by atoms with Crippen LogP contribution < -0.4 is 5.32 Å². The summed E-state index contributed by atoms with van der Waals surface area (Å²) in [5, 5.41) is 2.96. The first-order valence-electron chi connectivity index (χ1n) is 11.5. The Balaban J connectivity index is 1.56. The van der Waals surface area contributed by atoms with Crippen molar-refractivity contribution < 1.29 is 9.59 Å². The number of imidazole rings is 1. The summed E-state index contributed by atoms with van der Waals surface area (Å²) in [5.74, 6) is 0.494. The quantitative estimate of drug-likeness (QED) is 0.419. The Morgan fingerprint density at radius 1 is 0.971 bits per heavy atom. The van der Waals surface area contributed by atoms with Crippen molar-refractivity contribution in [3.63, 3.8) is 0 Å². The molecule has 1 aromatic heterocycles. The number of amides is 2. The molecule has 0 unspecified atom stereocenters. The Morgan fingerprint density at radius 2 is 1.71 bits per heavy atom. The van der Waals surface area contributed by atoms with E-state index in [4.69, 9.17) is 4.98 Å². The smallest absolute Gasteiger partial charge is 0.251 e. The summed E-state index contributed by atoms with van der Waals surface area (Å²) in [6.07, 6.45) is 0. The molecule has 0 saturated heterocycles. The molecule has 1 N–H and O–H groups in total. The van der Waals surface area contributed by atoms with Crippen LogP contribution in [0.4, 0.5) is 0 Å². The number of hydrogen-bond donors (Lipinski definition) is 1. The average Bonchev–Trinajstić information content (AvgIpc) is 3.18. The maximum absolute atomic E-state index is 13.4. The van der Waals surface area contributed by atoms with E-state index in [1.54, 1.807) is 6.07 Å². The Bertz CT molecular complexity index is 1290. The summed E-state index contributed by atoms with van der Waals surface area (Å²) in [6.45, 7) is 6.93. The molecule has 0 fully saturated rings. The number of rotatable bonds is 8. The van der Waals surface area contributed by atoms with Crippen LogP contribution in [0.15, 0.2) is 78.9 Å². The third-order valence-corrected chi connectivity index (χ3v) is 5.85. The zero-order valence-corrected chi connectivity index (χ0v) is 19.9. The van der Waals surface area contributed by atoms with Gasteiger partial charge in [-0.15, -0.1) is 0 Å². The topological polar surface area (TPSA) is 67.2 Å².